The van der Waals surface area contributed by atoms with Crippen LogP contribution in [0, 0.1) is 0 Å². The molecule has 0 spiro atoms. The number of methoxy groups -OCH3 is 1. The van der Waals surface area contributed by atoms with Crippen LogP contribution < -0.4 is 10.1 Å². The zero-order valence-corrected chi connectivity index (χ0v) is 12.3. The predicted octanol–water partition coefficient (Wildman–Crippen LogP) is 0.594. The molecular weight excluding hydrogens is 280 g/mol. The first-order valence-corrected chi connectivity index (χ1v) is 7.82. The number of carbonyl (C=O) groups is 1. The van der Waals surface area contributed by atoms with Crippen LogP contribution in [0.1, 0.15) is 12.8 Å². The smallest absolute Gasteiger partial charge is 0.243 e. The maximum Gasteiger partial charge on any atom is 0.243 e. The van der Waals surface area contributed by atoms with Crippen LogP contribution in [0.15, 0.2) is 29.2 Å². The minimum Gasteiger partial charge on any atom is -0.497 e. The average Bonchev–Trinajstić information content (AvgIpc) is 2.96. The van der Waals surface area contributed by atoms with Gasteiger partial charge in [-0.25, -0.2) is 8.42 Å². The fourth-order valence-electron chi connectivity index (χ4n) is 2.34. The lowest BCUT2D eigenvalue weighted by atomic mass is 10.2. The highest BCUT2D eigenvalue weighted by Crippen LogP contribution is 2.27. The Morgan fingerprint density at radius 2 is 2.00 bits per heavy atom. The molecule has 1 aliphatic heterocycles. The molecule has 0 radical (unpaired) electrons. The minimum atomic E-state index is -3.65. The number of carbonyl (C=O) groups excluding carboxylic acids is 1. The number of amides is 1. The first-order valence-electron chi connectivity index (χ1n) is 6.38. The van der Waals surface area contributed by atoms with Crippen molar-refractivity contribution in [1.82, 2.24) is 9.62 Å². The summed E-state index contributed by atoms with van der Waals surface area (Å²) in [6.07, 6.45) is 1.24. The van der Waals surface area contributed by atoms with E-state index in [0.717, 1.165) is 0 Å². The van der Waals surface area contributed by atoms with Gasteiger partial charge in [-0.2, -0.15) is 4.31 Å². The van der Waals surface area contributed by atoms with Crippen LogP contribution in [0.5, 0.6) is 5.75 Å². The third-order valence-corrected chi connectivity index (χ3v) is 5.34. The van der Waals surface area contributed by atoms with Crippen LogP contribution in [-0.4, -0.2) is 45.4 Å². The number of hydrogen-bond acceptors (Lipinski definition) is 4. The number of nitrogens with one attached hydrogen (secondary N) is 1. The lowest BCUT2D eigenvalue weighted by molar-refractivity contribution is -0.123. The molecule has 6 nitrogen and oxygen atoms in total. The second-order valence-corrected chi connectivity index (χ2v) is 6.45. The van der Waals surface area contributed by atoms with Gasteiger partial charge in [-0.1, -0.05) is 0 Å². The Bertz CT molecular complexity index is 583. The van der Waals surface area contributed by atoms with E-state index >= 15 is 0 Å². The van der Waals surface area contributed by atoms with Gasteiger partial charge in [0.05, 0.1) is 12.0 Å². The Morgan fingerprint density at radius 1 is 1.35 bits per heavy atom. The van der Waals surface area contributed by atoms with E-state index in [1.54, 1.807) is 12.1 Å². The number of ether oxygens (including phenoxy) is 1. The van der Waals surface area contributed by atoms with E-state index < -0.39 is 16.1 Å². The van der Waals surface area contributed by atoms with Crippen molar-refractivity contribution in [2.24, 2.45) is 0 Å². The van der Waals surface area contributed by atoms with E-state index in [1.165, 1.54) is 30.6 Å². The Kier molecular flexibility index (Phi) is 4.29. The summed E-state index contributed by atoms with van der Waals surface area (Å²) in [6, 6.07) is 5.56. The summed E-state index contributed by atoms with van der Waals surface area (Å²) >= 11 is 0. The largest absolute Gasteiger partial charge is 0.497 e. The molecule has 20 heavy (non-hydrogen) atoms. The molecule has 0 unspecified atom stereocenters. The monoisotopic (exact) mass is 298 g/mol. The second kappa shape index (κ2) is 5.80. The first-order chi connectivity index (χ1) is 9.50. The first kappa shape index (κ1) is 14.8. The van der Waals surface area contributed by atoms with Gasteiger partial charge in [-0.15, -0.1) is 0 Å². The van der Waals surface area contributed by atoms with Gasteiger partial charge >= 0.3 is 0 Å². The molecule has 1 fully saturated rings. The Balaban J connectivity index is 2.31. The molecule has 1 aromatic carbocycles. The SMILES string of the molecule is CNC(=O)[C@H]1CCCN1S(=O)(=O)c1ccc(OC)cc1. The van der Waals surface area contributed by atoms with Crippen molar-refractivity contribution in [2.75, 3.05) is 20.7 Å². The van der Waals surface area contributed by atoms with E-state index in [4.69, 9.17) is 4.74 Å². The van der Waals surface area contributed by atoms with Crippen molar-refractivity contribution in [3.8, 4) is 5.75 Å². The maximum absolute atomic E-state index is 12.6. The number of hydrogen-bond donors (Lipinski definition) is 1. The zero-order chi connectivity index (χ0) is 14.8. The standard InChI is InChI=1S/C13H18N2O4S/c1-14-13(16)12-4-3-9-15(12)20(17,18)11-7-5-10(19-2)6-8-11/h5-8,12H,3-4,9H2,1-2H3,(H,14,16)/t12-/m1/s1. The van der Waals surface area contributed by atoms with Gasteiger partial charge in [0.1, 0.15) is 11.8 Å². The van der Waals surface area contributed by atoms with Crippen molar-refractivity contribution in [3.05, 3.63) is 24.3 Å². The van der Waals surface area contributed by atoms with Crippen molar-refractivity contribution in [2.45, 2.75) is 23.8 Å². The second-order valence-electron chi connectivity index (χ2n) is 4.56. The quantitative estimate of drug-likeness (QED) is 0.883. The minimum absolute atomic E-state index is 0.175. The van der Waals surface area contributed by atoms with Crippen molar-refractivity contribution >= 4 is 15.9 Å². The van der Waals surface area contributed by atoms with Gasteiger partial charge in [-0.3, -0.25) is 4.79 Å². The van der Waals surface area contributed by atoms with Gasteiger partial charge in [-0.05, 0) is 37.1 Å². The molecule has 7 heteroatoms. The van der Waals surface area contributed by atoms with Gasteiger partial charge in [0, 0.05) is 13.6 Å². The summed E-state index contributed by atoms with van der Waals surface area (Å²) in [7, 11) is -0.619. The van der Waals surface area contributed by atoms with E-state index in [0.29, 0.717) is 25.1 Å². The van der Waals surface area contributed by atoms with Gasteiger partial charge in [0.25, 0.3) is 0 Å². The van der Waals surface area contributed by atoms with Crippen molar-refractivity contribution in [1.29, 1.82) is 0 Å². The van der Waals surface area contributed by atoms with Crippen molar-refractivity contribution < 1.29 is 17.9 Å². The number of rotatable bonds is 4. The molecule has 0 aromatic heterocycles. The molecule has 110 valence electrons. The molecule has 1 amide bonds. The predicted molar refractivity (Wildman–Crippen MR) is 74.0 cm³/mol. The van der Waals surface area contributed by atoms with E-state index in [9.17, 15) is 13.2 Å². The Morgan fingerprint density at radius 3 is 2.55 bits per heavy atom. The molecule has 1 atom stereocenters. The molecular formula is C13H18N2O4S. The summed E-state index contributed by atoms with van der Waals surface area (Å²) in [6.45, 7) is 0.368. The molecule has 1 heterocycles. The summed E-state index contributed by atoms with van der Waals surface area (Å²) in [5, 5.41) is 2.51. The van der Waals surface area contributed by atoms with Crippen LogP contribution in [-0.2, 0) is 14.8 Å². The van der Waals surface area contributed by atoms with Gasteiger partial charge in [0.15, 0.2) is 0 Å². The third kappa shape index (κ3) is 2.64. The molecule has 0 saturated carbocycles. The third-order valence-electron chi connectivity index (χ3n) is 3.42. The molecule has 0 aliphatic carbocycles. The van der Waals surface area contributed by atoms with Crippen LogP contribution in [0.25, 0.3) is 0 Å². The van der Waals surface area contributed by atoms with Crippen LogP contribution in [0.3, 0.4) is 0 Å². The van der Waals surface area contributed by atoms with Gasteiger partial charge in [0.2, 0.25) is 15.9 Å². The van der Waals surface area contributed by atoms with Gasteiger partial charge < -0.3 is 10.1 Å². The topological polar surface area (TPSA) is 75.7 Å². The maximum atomic E-state index is 12.6. The van der Waals surface area contributed by atoms with Crippen LogP contribution >= 0.6 is 0 Å². The molecule has 1 aliphatic rings. The normalized spacial score (nSPS) is 19.8. The average molecular weight is 298 g/mol. The van der Waals surface area contributed by atoms with Crippen LogP contribution in [0.4, 0.5) is 0 Å². The number of likely N-dealkylation sites (N-methyl/N-ethyl adjacent to an activating group) is 1. The lowest BCUT2D eigenvalue weighted by Gasteiger charge is -2.22. The highest BCUT2D eigenvalue weighted by Gasteiger charge is 2.38. The summed E-state index contributed by atoms with van der Waals surface area (Å²) in [5.74, 6) is 0.327. The summed E-state index contributed by atoms with van der Waals surface area (Å²) in [5.41, 5.74) is 0. The summed E-state index contributed by atoms with van der Waals surface area (Å²) < 4.78 is 31.4. The highest BCUT2D eigenvalue weighted by atomic mass is 32.2. The molecule has 1 N–H and O–H groups in total. The molecule has 0 bridgehead atoms. The Hall–Kier alpha value is -1.60. The van der Waals surface area contributed by atoms with E-state index in [-0.39, 0.29) is 10.8 Å². The highest BCUT2D eigenvalue weighted by molar-refractivity contribution is 7.89. The zero-order valence-electron chi connectivity index (χ0n) is 11.5. The van der Waals surface area contributed by atoms with E-state index in [1.807, 2.05) is 0 Å². The molecule has 2 rings (SSSR count). The van der Waals surface area contributed by atoms with Crippen LogP contribution in [0.2, 0.25) is 0 Å². The summed E-state index contributed by atoms with van der Waals surface area (Å²) in [4.78, 5) is 11.9. The molecule has 1 aromatic rings. The van der Waals surface area contributed by atoms with E-state index in [2.05, 4.69) is 5.32 Å². The fourth-order valence-corrected chi connectivity index (χ4v) is 4.00. The molecule has 1 saturated heterocycles. The fraction of sp³-hybridized carbons (Fsp3) is 0.462. The number of nitrogens with zero attached hydrogens (tertiary/aromatic N) is 1. The van der Waals surface area contributed by atoms with Crippen molar-refractivity contribution in [3.63, 3.8) is 0 Å². The number of benzene rings is 1. The lowest BCUT2D eigenvalue weighted by Crippen LogP contribution is -2.44. The Labute approximate surface area is 118 Å². The number of sulfonamides is 1.